The first-order chi connectivity index (χ1) is 12.4. The molecule has 1 atom stereocenters. The van der Waals surface area contributed by atoms with Crippen LogP contribution in [-0.2, 0) is 22.6 Å². The average molecular weight is 352 g/mol. The van der Waals surface area contributed by atoms with Crippen LogP contribution in [0.4, 0.5) is 0 Å². The third-order valence-electron chi connectivity index (χ3n) is 4.39. The number of nitrogens with one attached hydrogen (secondary N) is 1. The van der Waals surface area contributed by atoms with E-state index in [0.717, 1.165) is 22.3 Å². The maximum Gasteiger partial charge on any atom is 0.242 e. The van der Waals surface area contributed by atoms with Crippen LogP contribution < -0.4 is 5.32 Å². The van der Waals surface area contributed by atoms with E-state index in [-0.39, 0.29) is 18.2 Å². The SMILES string of the molecule is CCNC(=O)[C@H](C)N(Cc1cccc(C)c1)C(=O)Cc1cccc(C)c1. The van der Waals surface area contributed by atoms with Crippen molar-refractivity contribution < 1.29 is 9.59 Å². The van der Waals surface area contributed by atoms with E-state index < -0.39 is 6.04 Å². The fourth-order valence-corrected chi connectivity index (χ4v) is 3.01. The average Bonchev–Trinajstić information content (AvgIpc) is 2.59. The number of rotatable bonds is 7. The normalized spacial score (nSPS) is 11.7. The largest absolute Gasteiger partial charge is 0.355 e. The van der Waals surface area contributed by atoms with Gasteiger partial charge in [0.05, 0.1) is 6.42 Å². The molecule has 138 valence electrons. The first-order valence-electron chi connectivity index (χ1n) is 9.09. The number of hydrogen-bond acceptors (Lipinski definition) is 2. The van der Waals surface area contributed by atoms with Crippen LogP contribution in [0.3, 0.4) is 0 Å². The second kappa shape index (κ2) is 9.18. The highest BCUT2D eigenvalue weighted by Crippen LogP contribution is 2.14. The highest BCUT2D eigenvalue weighted by atomic mass is 16.2. The van der Waals surface area contributed by atoms with Gasteiger partial charge in [-0.05, 0) is 38.8 Å². The van der Waals surface area contributed by atoms with Gasteiger partial charge < -0.3 is 10.2 Å². The van der Waals surface area contributed by atoms with Crippen molar-refractivity contribution in [1.29, 1.82) is 0 Å². The van der Waals surface area contributed by atoms with Crippen LogP contribution in [0.25, 0.3) is 0 Å². The smallest absolute Gasteiger partial charge is 0.242 e. The van der Waals surface area contributed by atoms with Crippen LogP contribution in [-0.4, -0.2) is 29.3 Å². The van der Waals surface area contributed by atoms with E-state index in [4.69, 9.17) is 0 Å². The molecular formula is C22H28N2O2. The summed E-state index contributed by atoms with van der Waals surface area (Å²) in [5.74, 6) is -0.173. The number of carbonyl (C=O) groups is 2. The van der Waals surface area contributed by atoms with Gasteiger partial charge in [-0.1, -0.05) is 59.7 Å². The molecule has 0 spiro atoms. The standard InChI is InChI=1S/C22H28N2O2/c1-5-23-22(26)18(4)24(15-20-11-7-9-17(3)13-20)21(25)14-19-10-6-8-16(2)12-19/h6-13,18H,5,14-15H2,1-4H3,(H,23,26)/t18-/m0/s1. The molecule has 0 radical (unpaired) electrons. The molecule has 2 aromatic carbocycles. The van der Waals surface area contributed by atoms with Gasteiger partial charge in [-0.3, -0.25) is 9.59 Å². The van der Waals surface area contributed by atoms with E-state index in [1.54, 1.807) is 11.8 Å². The first-order valence-corrected chi connectivity index (χ1v) is 9.09. The molecule has 0 bridgehead atoms. The fraction of sp³-hybridized carbons (Fsp3) is 0.364. The minimum Gasteiger partial charge on any atom is -0.355 e. The summed E-state index contributed by atoms with van der Waals surface area (Å²) < 4.78 is 0. The van der Waals surface area contributed by atoms with E-state index in [1.807, 2.05) is 63.2 Å². The number of hydrogen-bond donors (Lipinski definition) is 1. The van der Waals surface area contributed by atoms with Crippen molar-refractivity contribution in [3.05, 3.63) is 70.8 Å². The molecule has 0 aromatic heterocycles. The summed E-state index contributed by atoms with van der Waals surface area (Å²) in [5, 5.41) is 2.82. The van der Waals surface area contributed by atoms with E-state index in [1.165, 1.54) is 0 Å². The summed E-state index contributed by atoms with van der Waals surface area (Å²) in [7, 11) is 0. The molecule has 4 nitrogen and oxygen atoms in total. The van der Waals surface area contributed by atoms with Crippen molar-refractivity contribution in [1.82, 2.24) is 10.2 Å². The quantitative estimate of drug-likeness (QED) is 0.830. The van der Waals surface area contributed by atoms with Crippen LogP contribution in [0.15, 0.2) is 48.5 Å². The lowest BCUT2D eigenvalue weighted by molar-refractivity contribution is -0.140. The maximum atomic E-state index is 13.0. The molecule has 0 heterocycles. The Morgan fingerprint density at radius 2 is 1.58 bits per heavy atom. The molecule has 2 aromatic rings. The van der Waals surface area contributed by atoms with E-state index in [0.29, 0.717) is 13.1 Å². The first kappa shape index (κ1) is 19.7. The molecule has 0 saturated carbocycles. The summed E-state index contributed by atoms with van der Waals surface area (Å²) in [6.07, 6.45) is 0.289. The highest BCUT2D eigenvalue weighted by molar-refractivity contribution is 5.88. The minimum absolute atomic E-state index is 0.0455. The predicted molar refractivity (Wildman–Crippen MR) is 105 cm³/mol. The molecule has 1 N–H and O–H groups in total. The minimum atomic E-state index is -0.521. The van der Waals surface area contributed by atoms with E-state index in [2.05, 4.69) is 11.4 Å². The number of aryl methyl sites for hydroxylation is 2. The van der Waals surface area contributed by atoms with Crippen molar-refractivity contribution in [2.24, 2.45) is 0 Å². The van der Waals surface area contributed by atoms with Gasteiger partial charge in [0, 0.05) is 13.1 Å². The number of amides is 2. The molecular weight excluding hydrogens is 324 g/mol. The van der Waals surface area contributed by atoms with Crippen LogP contribution in [0.5, 0.6) is 0 Å². The summed E-state index contributed by atoms with van der Waals surface area (Å²) in [4.78, 5) is 27.0. The van der Waals surface area contributed by atoms with Gasteiger partial charge in [0.25, 0.3) is 0 Å². The highest BCUT2D eigenvalue weighted by Gasteiger charge is 2.25. The van der Waals surface area contributed by atoms with E-state index in [9.17, 15) is 9.59 Å². The lowest BCUT2D eigenvalue weighted by Gasteiger charge is -2.29. The molecule has 0 aliphatic carbocycles. The van der Waals surface area contributed by atoms with Gasteiger partial charge in [-0.2, -0.15) is 0 Å². The van der Waals surface area contributed by atoms with Crippen LogP contribution in [0, 0.1) is 13.8 Å². The van der Waals surface area contributed by atoms with Crippen LogP contribution in [0.1, 0.15) is 36.1 Å². The van der Waals surface area contributed by atoms with Gasteiger partial charge in [0.2, 0.25) is 11.8 Å². The molecule has 0 saturated heterocycles. The lowest BCUT2D eigenvalue weighted by Crippen LogP contribution is -2.48. The van der Waals surface area contributed by atoms with Crippen LogP contribution in [0.2, 0.25) is 0 Å². The Labute approximate surface area is 156 Å². The predicted octanol–water partition coefficient (Wildman–Crippen LogP) is 3.40. The maximum absolute atomic E-state index is 13.0. The zero-order valence-corrected chi connectivity index (χ0v) is 16.1. The van der Waals surface area contributed by atoms with Gasteiger partial charge in [-0.25, -0.2) is 0 Å². The zero-order chi connectivity index (χ0) is 19.1. The third kappa shape index (κ3) is 5.45. The number of benzene rings is 2. The Morgan fingerprint density at radius 3 is 2.15 bits per heavy atom. The van der Waals surface area contributed by atoms with Gasteiger partial charge in [0.1, 0.15) is 6.04 Å². The topological polar surface area (TPSA) is 49.4 Å². The number of carbonyl (C=O) groups excluding carboxylic acids is 2. The summed E-state index contributed by atoms with van der Waals surface area (Å²) >= 11 is 0. The van der Waals surface area contributed by atoms with Crippen molar-refractivity contribution in [2.75, 3.05) is 6.54 Å². The molecule has 26 heavy (non-hydrogen) atoms. The Hall–Kier alpha value is -2.62. The van der Waals surface area contributed by atoms with Crippen LogP contribution >= 0.6 is 0 Å². The zero-order valence-electron chi connectivity index (χ0n) is 16.1. The number of likely N-dealkylation sites (N-methyl/N-ethyl adjacent to an activating group) is 1. The second-order valence-electron chi connectivity index (χ2n) is 6.75. The van der Waals surface area contributed by atoms with Gasteiger partial charge >= 0.3 is 0 Å². The Morgan fingerprint density at radius 1 is 1.00 bits per heavy atom. The molecule has 0 aliphatic heterocycles. The lowest BCUT2D eigenvalue weighted by atomic mass is 10.1. The van der Waals surface area contributed by atoms with Crippen molar-refractivity contribution >= 4 is 11.8 Å². The molecule has 0 aliphatic rings. The van der Waals surface area contributed by atoms with Gasteiger partial charge in [0.15, 0.2) is 0 Å². The molecule has 2 rings (SSSR count). The Kier molecular flexibility index (Phi) is 6.96. The van der Waals surface area contributed by atoms with E-state index >= 15 is 0 Å². The fourth-order valence-electron chi connectivity index (χ4n) is 3.01. The second-order valence-corrected chi connectivity index (χ2v) is 6.75. The monoisotopic (exact) mass is 352 g/mol. The molecule has 0 unspecified atom stereocenters. The molecule has 4 heteroatoms. The number of nitrogens with zero attached hydrogens (tertiary/aromatic N) is 1. The van der Waals surface area contributed by atoms with Crippen molar-refractivity contribution in [3.8, 4) is 0 Å². The van der Waals surface area contributed by atoms with Crippen molar-refractivity contribution in [3.63, 3.8) is 0 Å². The third-order valence-corrected chi connectivity index (χ3v) is 4.39. The van der Waals surface area contributed by atoms with Gasteiger partial charge in [-0.15, -0.1) is 0 Å². The molecule has 0 fully saturated rings. The van der Waals surface area contributed by atoms with Crippen molar-refractivity contribution in [2.45, 2.75) is 46.7 Å². The summed E-state index contributed by atoms with van der Waals surface area (Å²) in [5.41, 5.74) is 4.25. The Bertz CT molecular complexity index is 770. The Balaban J connectivity index is 2.23. The summed E-state index contributed by atoms with van der Waals surface area (Å²) in [6, 6.07) is 15.5. The summed E-state index contributed by atoms with van der Waals surface area (Å²) in [6.45, 7) is 8.67. The molecule has 2 amide bonds.